The number of pyridine rings is 1. The molecule has 3 rings (SSSR count). The van der Waals surface area contributed by atoms with Crippen LogP contribution in [0.4, 0.5) is 0 Å². The summed E-state index contributed by atoms with van der Waals surface area (Å²) >= 11 is 7.46. The molecule has 17 heavy (non-hydrogen) atoms. The highest BCUT2D eigenvalue weighted by Gasteiger charge is 2.07. The Hall–Kier alpha value is -1.65. The van der Waals surface area contributed by atoms with Crippen molar-refractivity contribution in [1.82, 2.24) is 9.97 Å². The van der Waals surface area contributed by atoms with Gasteiger partial charge in [-0.05, 0) is 24.3 Å². The number of aromatic hydroxyl groups is 1. The highest BCUT2D eigenvalue weighted by molar-refractivity contribution is 7.21. The number of benzene rings is 1. The summed E-state index contributed by atoms with van der Waals surface area (Å²) in [4.78, 5) is 8.41. The number of aromatic nitrogens is 2. The molecule has 0 spiro atoms. The minimum Gasteiger partial charge on any atom is -0.506 e. The lowest BCUT2D eigenvalue weighted by atomic mass is 10.3. The number of fused-ring (bicyclic) bond motifs is 1. The molecule has 0 saturated heterocycles. The molecule has 84 valence electrons. The van der Waals surface area contributed by atoms with Crippen molar-refractivity contribution >= 4 is 33.2 Å². The SMILES string of the molecule is Oc1cncc(-c2nc3cc(Cl)ccc3s2)c1. The molecule has 0 unspecified atom stereocenters. The van der Waals surface area contributed by atoms with Crippen LogP contribution < -0.4 is 0 Å². The van der Waals surface area contributed by atoms with Gasteiger partial charge in [-0.2, -0.15) is 0 Å². The first-order valence-corrected chi connectivity index (χ1v) is 6.12. The third kappa shape index (κ3) is 1.97. The Kier molecular flexibility index (Phi) is 2.46. The molecule has 3 nitrogen and oxygen atoms in total. The van der Waals surface area contributed by atoms with Crippen LogP contribution in [0, 0.1) is 0 Å². The van der Waals surface area contributed by atoms with Crippen LogP contribution >= 0.6 is 22.9 Å². The summed E-state index contributed by atoms with van der Waals surface area (Å²) in [6.45, 7) is 0. The van der Waals surface area contributed by atoms with E-state index in [4.69, 9.17) is 11.6 Å². The molecule has 2 heterocycles. The van der Waals surface area contributed by atoms with E-state index in [2.05, 4.69) is 9.97 Å². The minimum absolute atomic E-state index is 0.139. The molecule has 0 aliphatic carbocycles. The van der Waals surface area contributed by atoms with Gasteiger partial charge >= 0.3 is 0 Å². The fourth-order valence-electron chi connectivity index (χ4n) is 1.57. The standard InChI is InChI=1S/C12H7ClN2OS/c13-8-1-2-11-10(4-8)15-12(17-11)7-3-9(16)6-14-5-7/h1-6,16H. The maximum Gasteiger partial charge on any atom is 0.134 e. The van der Waals surface area contributed by atoms with Crippen LogP contribution in [-0.4, -0.2) is 15.1 Å². The van der Waals surface area contributed by atoms with E-state index in [0.29, 0.717) is 5.02 Å². The van der Waals surface area contributed by atoms with Crippen molar-refractivity contribution in [2.24, 2.45) is 0 Å². The number of rotatable bonds is 1. The van der Waals surface area contributed by atoms with Gasteiger partial charge in [0.2, 0.25) is 0 Å². The van der Waals surface area contributed by atoms with Crippen LogP contribution in [-0.2, 0) is 0 Å². The van der Waals surface area contributed by atoms with Gasteiger partial charge in [0.1, 0.15) is 10.8 Å². The van der Waals surface area contributed by atoms with E-state index in [1.54, 1.807) is 23.6 Å². The van der Waals surface area contributed by atoms with Crippen molar-refractivity contribution in [3.63, 3.8) is 0 Å². The molecule has 0 saturated carbocycles. The normalized spacial score (nSPS) is 10.9. The molecule has 2 aromatic heterocycles. The van der Waals surface area contributed by atoms with Gasteiger partial charge in [-0.3, -0.25) is 4.98 Å². The van der Waals surface area contributed by atoms with Crippen molar-refractivity contribution in [3.05, 3.63) is 41.7 Å². The Balaban J connectivity index is 2.18. The molecule has 5 heteroatoms. The molecule has 0 atom stereocenters. The predicted octanol–water partition coefficient (Wildman–Crippen LogP) is 3.72. The Morgan fingerprint density at radius 3 is 2.88 bits per heavy atom. The zero-order valence-corrected chi connectivity index (χ0v) is 10.2. The lowest BCUT2D eigenvalue weighted by Crippen LogP contribution is -1.78. The van der Waals surface area contributed by atoms with E-state index in [0.717, 1.165) is 20.8 Å². The summed E-state index contributed by atoms with van der Waals surface area (Å²) in [7, 11) is 0. The monoisotopic (exact) mass is 262 g/mol. The van der Waals surface area contributed by atoms with Crippen LogP contribution in [0.15, 0.2) is 36.7 Å². The van der Waals surface area contributed by atoms with Gasteiger partial charge in [0, 0.05) is 16.8 Å². The van der Waals surface area contributed by atoms with Gasteiger partial charge in [-0.1, -0.05) is 11.6 Å². The second kappa shape index (κ2) is 3.98. The zero-order valence-electron chi connectivity index (χ0n) is 8.59. The highest BCUT2D eigenvalue weighted by atomic mass is 35.5. The lowest BCUT2D eigenvalue weighted by Gasteiger charge is -1.95. The van der Waals surface area contributed by atoms with E-state index in [1.807, 2.05) is 18.2 Å². The maximum absolute atomic E-state index is 9.39. The van der Waals surface area contributed by atoms with Gasteiger partial charge in [-0.15, -0.1) is 11.3 Å². The Labute approximate surface area is 106 Å². The average molecular weight is 263 g/mol. The summed E-state index contributed by atoms with van der Waals surface area (Å²) in [5, 5.41) is 10.9. The number of hydrogen-bond acceptors (Lipinski definition) is 4. The summed E-state index contributed by atoms with van der Waals surface area (Å²) in [6, 6.07) is 7.25. The Morgan fingerprint density at radius 2 is 2.06 bits per heavy atom. The molecule has 0 fully saturated rings. The van der Waals surface area contributed by atoms with Crippen LogP contribution in [0.25, 0.3) is 20.8 Å². The molecule has 3 aromatic rings. The molecule has 0 bridgehead atoms. The van der Waals surface area contributed by atoms with Crippen molar-refractivity contribution in [1.29, 1.82) is 0 Å². The summed E-state index contributed by atoms with van der Waals surface area (Å²) < 4.78 is 1.06. The Morgan fingerprint density at radius 1 is 1.18 bits per heavy atom. The molecule has 0 radical (unpaired) electrons. The molecule has 0 aliphatic heterocycles. The van der Waals surface area contributed by atoms with Crippen molar-refractivity contribution in [2.45, 2.75) is 0 Å². The second-order valence-corrected chi connectivity index (χ2v) is 5.03. The van der Waals surface area contributed by atoms with Gasteiger partial charge in [0.25, 0.3) is 0 Å². The lowest BCUT2D eigenvalue weighted by molar-refractivity contribution is 0.473. The van der Waals surface area contributed by atoms with Gasteiger partial charge in [-0.25, -0.2) is 4.98 Å². The van der Waals surface area contributed by atoms with E-state index >= 15 is 0 Å². The van der Waals surface area contributed by atoms with Gasteiger partial charge in [0.05, 0.1) is 16.4 Å². The third-order valence-electron chi connectivity index (χ3n) is 2.32. The molecular weight excluding hydrogens is 256 g/mol. The predicted molar refractivity (Wildman–Crippen MR) is 69.5 cm³/mol. The fraction of sp³-hybridized carbons (Fsp3) is 0. The topological polar surface area (TPSA) is 46.0 Å². The summed E-state index contributed by atoms with van der Waals surface area (Å²) in [5.74, 6) is 0.139. The average Bonchev–Trinajstić information content (AvgIpc) is 2.72. The minimum atomic E-state index is 0.139. The van der Waals surface area contributed by atoms with Crippen LogP contribution in [0.1, 0.15) is 0 Å². The van der Waals surface area contributed by atoms with Crippen LogP contribution in [0.5, 0.6) is 5.75 Å². The third-order valence-corrected chi connectivity index (χ3v) is 3.64. The quantitative estimate of drug-likeness (QED) is 0.727. The first kappa shape index (κ1) is 10.5. The van der Waals surface area contributed by atoms with Crippen molar-refractivity contribution in [2.75, 3.05) is 0 Å². The zero-order chi connectivity index (χ0) is 11.8. The molecular formula is C12H7ClN2OS. The van der Waals surface area contributed by atoms with Crippen molar-refractivity contribution < 1.29 is 5.11 Å². The molecule has 0 aliphatic rings. The van der Waals surface area contributed by atoms with Crippen LogP contribution in [0.2, 0.25) is 5.02 Å². The number of nitrogens with zero attached hydrogens (tertiary/aromatic N) is 2. The maximum atomic E-state index is 9.39. The molecule has 1 N–H and O–H groups in total. The van der Waals surface area contributed by atoms with Crippen molar-refractivity contribution in [3.8, 4) is 16.3 Å². The smallest absolute Gasteiger partial charge is 0.134 e. The summed E-state index contributed by atoms with van der Waals surface area (Å²) in [6.07, 6.45) is 3.08. The van der Waals surface area contributed by atoms with Crippen LogP contribution in [0.3, 0.4) is 0 Å². The summed E-state index contributed by atoms with van der Waals surface area (Å²) in [5.41, 5.74) is 1.67. The van der Waals surface area contributed by atoms with Gasteiger partial charge in [0.15, 0.2) is 0 Å². The van der Waals surface area contributed by atoms with E-state index in [1.165, 1.54) is 6.20 Å². The Bertz CT molecular complexity index is 696. The number of thiazole rings is 1. The number of hydrogen-bond donors (Lipinski definition) is 1. The van der Waals surface area contributed by atoms with E-state index in [9.17, 15) is 5.11 Å². The highest BCUT2D eigenvalue weighted by Crippen LogP contribution is 2.32. The van der Waals surface area contributed by atoms with E-state index < -0.39 is 0 Å². The number of halogens is 1. The molecule has 1 aromatic carbocycles. The van der Waals surface area contributed by atoms with E-state index in [-0.39, 0.29) is 5.75 Å². The van der Waals surface area contributed by atoms with Gasteiger partial charge < -0.3 is 5.11 Å². The largest absolute Gasteiger partial charge is 0.506 e. The fourth-order valence-corrected chi connectivity index (χ4v) is 2.66. The first-order chi connectivity index (χ1) is 8.22. The first-order valence-electron chi connectivity index (χ1n) is 4.93. The second-order valence-electron chi connectivity index (χ2n) is 3.56. The molecule has 0 amide bonds.